The number of anilines is 1. The number of aliphatic imine (C=N–C) groups is 1. The second-order valence-corrected chi connectivity index (χ2v) is 8.71. The lowest BCUT2D eigenvalue weighted by Crippen LogP contribution is -2.06. The first-order valence-corrected chi connectivity index (χ1v) is 12.0. The van der Waals surface area contributed by atoms with Crippen molar-refractivity contribution in [2.24, 2.45) is 10.7 Å². The maximum Gasteiger partial charge on any atom is 0.192 e. The number of nitrogens with two attached hydrogens (primary N) is 1. The normalized spacial score (nSPS) is 11.4. The number of nitrogens with zero attached hydrogens (tertiary/aromatic N) is 4. The number of halogens is 1. The first-order chi connectivity index (χ1) is 17.1. The third-order valence-electron chi connectivity index (χ3n) is 4.70. The van der Waals surface area contributed by atoms with Crippen LogP contribution in [0.2, 0.25) is 0 Å². The monoisotopic (exact) mass is 502 g/mol. The number of rotatable bonds is 8. The Morgan fingerprint density at radius 3 is 2.80 bits per heavy atom. The van der Waals surface area contributed by atoms with E-state index in [-0.39, 0.29) is 5.82 Å². The minimum atomic E-state index is -0.363. The van der Waals surface area contributed by atoms with Crippen molar-refractivity contribution >= 4 is 34.1 Å². The fraction of sp³-hybridized carbons (Fsp3) is 0.0400. The van der Waals surface area contributed by atoms with E-state index in [4.69, 9.17) is 10.5 Å². The molecule has 2 aromatic carbocycles. The van der Waals surface area contributed by atoms with Crippen LogP contribution in [0.15, 0.2) is 88.3 Å². The average Bonchev–Trinajstić information content (AvgIpc) is 3.41. The highest BCUT2D eigenvalue weighted by Crippen LogP contribution is 2.33. The van der Waals surface area contributed by atoms with Crippen molar-refractivity contribution in [2.75, 3.05) is 11.8 Å². The number of benzene rings is 2. The van der Waals surface area contributed by atoms with E-state index >= 15 is 0 Å². The summed E-state index contributed by atoms with van der Waals surface area (Å²) in [4.78, 5) is 13.9. The van der Waals surface area contributed by atoms with Crippen LogP contribution in [0.25, 0.3) is 11.3 Å². The molecule has 0 atom stereocenters. The average molecular weight is 503 g/mol. The van der Waals surface area contributed by atoms with Crippen molar-refractivity contribution in [3.8, 4) is 28.8 Å². The molecule has 0 bridgehead atoms. The minimum Gasteiger partial charge on any atom is -0.454 e. The lowest BCUT2D eigenvalue weighted by atomic mass is 10.1. The lowest BCUT2D eigenvalue weighted by molar-refractivity contribution is 0.477. The Hall–Kier alpha value is -4.20. The molecule has 0 fully saturated rings. The summed E-state index contributed by atoms with van der Waals surface area (Å²) in [5, 5.41) is 12.4. The Labute approximate surface area is 210 Å². The highest BCUT2D eigenvalue weighted by atomic mass is 32.2. The number of nitrogens with one attached hydrogen (secondary N) is 1. The summed E-state index contributed by atoms with van der Waals surface area (Å²) in [6.07, 6.45) is 4.66. The number of thiazole rings is 1. The van der Waals surface area contributed by atoms with Gasteiger partial charge >= 0.3 is 0 Å². The van der Waals surface area contributed by atoms with Crippen molar-refractivity contribution in [3.63, 3.8) is 0 Å². The zero-order chi connectivity index (χ0) is 24.6. The highest BCUT2D eigenvalue weighted by Gasteiger charge is 2.16. The minimum absolute atomic E-state index is 0.348. The molecule has 0 radical (unpaired) electrons. The number of allylic oxidation sites excluding steroid dienone is 1. The van der Waals surface area contributed by atoms with E-state index in [1.165, 1.54) is 41.6 Å². The summed E-state index contributed by atoms with van der Waals surface area (Å²) >= 11 is 2.83. The van der Waals surface area contributed by atoms with Gasteiger partial charge in [0.25, 0.3) is 0 Å². The van der Waals surface area contributed by atoms with E-state index < -0.39 is 0 Å². The zero-order valence-electron chi connectivity index (χ0n) is 18.5. The van der Waals surface area contributed by atoms with E-state index in [0.717, 1.165) is 10.0 Å². The maximum atomic E-state index is 13.8. The Morgan fingerprint density at radius 2 is 2.09 bits per heavy atom. The van der Waals surface area contributed by atoms with Crippen LogP contribution in [-0.4, -0.2) is 22.7 Å². The molecule has 4 rings (SSSR count). The second-order valence-electron chi connectivity index (χ2n) is 6.93. The van der Waals surface area contributed by atoms with Gasteiger partial charge in [-0.1, -0.05) is 12.1 Å². The molecule has 3 N–H and O–H groups in total. The quantitative estimate of drug-likeness (QED) is 0.224. The van der Waals surface area contributed by atoms with Gasteiger partial charge in [0.2, 0.25) is 0 Å². The molecule has 0 aliphatic heterocycles. The smallest absolute Gasteiger partial charge is 0.192 e. The van der Waals surface area contributed by atoms with E-state index in [9.17, 15) is 9.65 Å². The van der Waals surface area contributed by atoms with Crippen molar-refractivity contribution in [1.29, 1.82) is 5.26 Å². The number of ether oxygens (including phenoxy) is 1. The van der Waals surface area contributed by atoms with Gasteiger partial charge in [-0.05, 0) is 66.7 Å². The fourth-order valence-corrected chi connectivity index (χ4v) is 4.38. The molecule has 0 unspecified atom stereocenters. The van der Waals surface area contributed by atoms with E-state index in [1.54, 1.807) is 55.7 Å². The lowest BCUT2D eigenvalue weighted by Gasteiger charge is -2.14. The molecule has 0 aliphatic carbocycles. The van der Waals surface area contributed by atoms with Gasteiger partial charge in [0, 0.05) is 29.1 Å². The van der Waals surface area contributed by atoms with Gasteiger partial charge in [-0.25, -0.2) is 14.4 Å². The van der Waals surface area contributed by atoms with Crippen LogP contribution in [0.3, 0.4) is 0 Å². The van der Waals surface area contributed by atoms with Crippen LogP contribution in [-0.2, 0) is 0 Å². The summed E-state index contributed by atoms with van der Waals surface area (Å²) in [5.74, 6) is 0.375. The molecule has 0 aliphatic rings. The third kappa shape index (κ3) is 5.84. The molecular weight excluding hydrogens is 483 g/mol. The Balaban J connectivity index is 1.67. The van der Waals surface area contributed by atoms with Gasteiger partial charge in [0.05, 0.1) is 17.0 Å². The fourth-order valence-electron chi connectivity index (χ4n) is 3.12. The van der Waals surface area contributed by atoms with Crippen LogP contribution >= 0.6 is 23.3 Å². The Morgan fingerprint density at radius 1 is 1.23 bits per heavy atom. The first-order valence-electron chi connectivity index (χ1n) is 10.3. The molecule has 4 aromatic rings. The van der Waals surface area contributed by atoms with Crippen molar-refractivity contribution in [2.45, 2.75) is 4.90 Å². The molecule has 2 aromatic heterocycles. The molecule has 2 heterocycles. The predicted molar refractivity (Wildman–Crippen MR) is 138 cm³/mol. The van der Waals surface area contributed by atoms with E-state index in [2.05, 4.69) is 25.8 Å². The summed E-state index contributed by atoms with van der Waals surface area (Å²) < 4.78 is 23.0. The predicted octanol–water partition coefficient (Wildman–Crippen LogP) is 6.02. The topological polar surface area (TPSA) is 109 Å². The molecular formula is C25H19FN6OS2. The van der Waals surface area contributed by atoms with Crippen LogP contribution in [0.1, 0.15) is 11.3 Å². The van der Waals surface area contributed by atoms with Gasteiger partial charge in [-0.2, -0.15) is 5.26 Å². The molecule has 0 amide bonds. The summed E-state index contributed by atoms with van der Waals surface area (Å²) in [6.45, 7) is 0. The van der Waals surface area contributed by atoms with Crippen LogP contribution in [0, 0.1) is 17.1 Å². The third-order valence-corrected chi connectivity index (χ3v) is 6.30. The van der Waals surface area contributed by atoms with Crippen LogP contribution in [0.4, 0.5) is 9.52 Å². The van der Waals surface area contributed by atoms with E-state index in [0.29, 0.717) is 39.7 Å². The molecule has 7 nitrogen and oxygen atoms in total. The van der Waals surface area contributed by atoms with Crippen molar-refractivity contribution in [3.05, 3.63) is 95.5 Å². The SMILES string of the molecule is CN=C(C=CN)c1nc(-c2cccc(F)c2)ccc1Oc1ccc(SNc2nccs2)cc1C#N. The van der Waals surface area contributed by atoms with Crippen LogP contribution < -0.4 is 15.2 Å². The van der Waals surface area contributed by atoms with Gasteiger partial charge in [-0.15, -0.1) is 11.3 Å². The second kappa shape index (κ2) is 11.3. The summed E-state index contributed by atoms with van der Waals surface area (Å²) in [7, 11) is 1.61. The standard InChI is InChI=1S/C25H19FN6OS2/c1-29-21(9-10-27)24-23(8-6-20(31-24)16-3-2-4-18(26)13-16)33-22-7-5-19(14-17(22)15-28)35-32-25-30-11-12-34-25/h2-14H,27H2,1H3,(H,30,32). The number of pyridine rings is 1. The van der Waals surface area contributed by atoms with Gasteiger partial charge in [0.1, 0.15) is 23.3 Å². The summed E-state index contributed by atoms with van der Waals surface area (Å²) in [6, 6.07) is 17.0. The zero-order valence-corrected chi connectivity index (χ0v) is 20.1. The summed E-state index contributed by atoms with van der Waals surface area (Å²) in [5.41, 5.74) is 7.98. The number of aromatic nitrogens is 2. The number of hydrogen-bond donors (Lipinski definition) is 2. The number of hydrogen-bond acceptors (Lipinski definition) is 9. The highest BCUT2D eigenvalue weighted by molar-refractivity contribution is 8.00. The molecule has 0 saturated heterocycles. The maximum absolute atomic E-state index is 13.8. The Bertz CT molecular complexity index is 1430. The molecule has 10 heteroatoms. The van der Waals surface area contributed by atoms with Crippen molar-refractivity contribution in [1.82, 2.24) is 9.97 Å². The first kappa shape index (κ1) is 23.9. The largest absolute Gasteiger partial charge is 0.454 e. The number of nitriles is 1. The van der Waals surface area contributed by atoms with Gasteiger partial charge in [0.15, 0.2) is 10.9 Å². The van der Waals surface area contributed by atoms with Crippen molar-refractivity contribution < 1.29 is 9.13 Å². The van der Waals surface area contributed by atoms with Gasteiger partial charge < -0.3 is 15.2 Å². The molecule has 35 heavy (non-hydrogen) atoms. The Kier molecular flexibility index (Phi) is 7.72. The van der Waals surface area contributed by atoms with Crippen LogP contribution in [0.5, 0.6) is 11.5 Å². The molecule has 0 spiro atoms. The van der Waals surface area contributed by atoms with E-state index in [1.807, 2.05) is 11.4 Å². The molecule has 174 valence electrons. The van der Waals surface area contributed by atoms with Gasteiger partial charge in [-0.3, -0.25) is 4.99 Å². The molecule has 0 saturated carbocycles.